The molecule has 1 unspecified atom stereocenters. The second kappa shape index (κ2) is 6.31. The van der Waals surface area contributed by atoms with Gasteiger partial charge < -0.3 is 10.2 Å². The van der Waals surface area contributed by atoms with E-state index < -0.39 is 0 Å². The predicted octanol–water partition coefficient (Wildman–Crippen LogP) is 4.77. The van der Waals surface area contributed by atoms with Crippen molar-refractivity contribution >= 4 is 17.3 Å². The third-order valence-electron chi connectivity index (χ3n) is 5.24. The molecule has 1 aliphatic heterocycles. The van der Waals surface area contributed by atoms with E-state index in [1.807, 2.05) is 24.0 Å². The molecule has 0 radical (unpaired) electrons. The summed E-state index contributed by atoms with van der Waals surface area (Å²) in [6.45, 7) is 11.2. The maximum Gasteiger partial charge on any atom is 0.258 e. The lowest BCUT2D eigenvalue weighted by Crippen LogP contribution is -2.44. The molecular formula is C21H26N2O. The van der Waals surface area contributed by atoms with Gasteiger partial charge in [0.15, 0.2) is 0 Å². The van der Waals surface area contributed by atoms with Crippen LogP contribution in [0.15, 0.2) is 30.3 Å². The molecule has 0 fully saturated rings. The molecule has 126 valence electrons. The highest BCUT2D eigenvalue weighted by Crippen LogP contribution is 2.35. The van der Waals surface area contributed by atoms with E-state index in [2.05, 4.69) is 51.2 Å². The van der Waals surface area contributed by atoms with Gasteiger partial charge in [-0.1, -0.05) is 19.1 Å². The minimum atomic E-state index is 0.0978. The first-order valence-corrected chi connectivity index (χ1v) is 8.68. The van der Waals surface area contributed by atoms with E-state index in [4.69, 9.17) is 0 Å². The molecule has 1 atom stereocenters. The average molecular weight is 322 g/mol. The summed E-state index contributed by atoms with van der Waals surface area (Å²) in [4.78, 5) is 15.2. The van der Waals surface area contributed by atoms with E-state index in [9.17, 15) is 4.79 Å². The van der Waals surface area contributed by atoms with E-state index in [1.165, 1.54) is 11.1 Å². The van der Waals surface area contributed by atoms with Gasteiger partial charge in [0, 0.05) is 18.2 Å². The number of carbonyl (C=O) groups excluding carboxylic acids is 1. The summed E-state index contributed by atoms with van der Waals surface area (Å²) >= 11 is 0. The van der Waals surface area contributed by atoms with Crippen molar-refractivity contribution in [1.82, 2.24) is 0 Å². The summed E-state index contributed by atoms with van der Waals surface area (Å²) in [5, 5.41) is 3.58. The molecule has 1 N–H and O–H groups in total. The minimum Gasteiger partial charge on any atom is -0.379 e. The number of nitrogens with one attached hydrogen (secondary N) is 1. The van der Waals surface area contributed by atoms with Crippen LogP contribution in [-0.2, 0) is 0 Å². The molecule has 2 aromatic rings. The third kappa shape index (κ3) is 2.79. The van der Waals surface area contributed by atoms with Crippen molar-refractivity contribution in [2.45, 2.75) is 47.1 Å². The number of nitrogens with zero attached hydrogens (tertiary/aromatic N) is 1. The van der Waals surface area contributed by atoms with Gasteiger partial charge in [-0.25, -0.2) is 0 Å². The van der Waals surface area contributed by atoms with Gasteiger partial charge >= 0.3 is 0 Å². The Morgan fingerprint density at radius 3 is 2.54 bits per heavy atom. The van der Waals surface area contributed by atoms with Gasteiger partial charge in [-0.05, 0) is 74.6 Å². The van der Waals surface area contributed by atoms with Crippen LogP contribution in [0.3, 0.4) is 0 Å². The van der Waals surface area contributed by atoms with Gasteiger partial charge in [-0.3, -0.25) is 4.79 Å². The fourth-order valence-corrected chi connectivity index (χ4v) is 3.28. The summed E-state index contributed by atoms with van der Waals surface area (Å²) in [6, 6.07) is 10.5. The van der Waals surface area contributed by atoms with E-state index >= 15 is 0 Å². The second-order valence-electron chi connectivity index (χ2n) is 6.87. The Kier molecular flexibility index (Phi) is 4.35. The summed E-state index contributed by atoms with van der Waals surface area (Å²) in [6.07, 6.45) is 0.989. The summed E-state index contributed by atoms with van der Waals surface area (Å²) in [5.41, 5.74) is 7.55. The third-order valence-corrected chi connectivity index (χ3v) is 5.24. The van der Waals surface area contributed by atoms with Gasteiger partial charge in [-0.15, -0.1) is 0 Å². The van der Waals surface area contributed by atoms with Crippen LogP contribution in [0.25, 0.3) is 0 Å². The number of hydrogen-bond donors (Lipinski definition) is 1. The number of fused-ring (bicyclic) bond motifs is 1. The Balaban J connectivity index is 2.09. The van der Waals surface area contributed by atoms with Gasteiger partial charge in [-0.2, -0.15) is 0 Å². The number of anilines is 2. The predicted molar refractivity (Wildman–Crippen MR) is 101 cm³/mol. The Bertz CT molecular complexity index is 795. The quantitative estimate of drug-likeness (QED) is 0.863. The van der Waals surface area contributed by atoms with Crippen LogP contribution in [0.2, 0.25) is 0 Å². The summed E-state index contributed by atoms with van der Waals surface area (Å²) in [7, 11) is 0. The molecule has 0 aromatic heterocycles. The van der Waals surface area contributed by atoms with Crippen molar-refractivity contribution in [3.63, 3.8) is 0 Å². The summed E-state index contributed by atoms with van der Waals surface area (Å²) < 4.78 is 0. The number of amides is 1. The van der Waals surface area contributed by atoms with E-state index in [1.54, 1.807) is 0 Å². The number of aryl methyl sites for hydroxylation is 3. The first kappa shape index (κ1) is 16.6. The zero-order valence-electron chi connectivity index (χ0n) is 15.2. The Morgan fingerprint density at radius 1 is 1.12 bits per heavy atom. The fraction of sp³-hybridized carbons (Fsp3) is 0.381. The molecule has 1 amide bonds. The molecule has 3 heteroatoms. The van der Waals surface area contributed by atoms with Crippen molar-refractivity contribution in [2.24, 2.45) is 0 Å². The molecule has 0 bridgehead atoms. The highest BCUT2D eigenvalue weighted by molar-refractivity contribution is 6.09. The lowest BCUT2D eigenvalue weighted by atomic mass is 9.99. The molecule has 3 nitrogen and oxygen atoms in total. The monoisotopic (exact) mass is 322 g/mol. The van der Waals surface area contributed by atoms with Crippen LogP contribution in [-0.4, -0.2) is 18.5 Å². The van der Waals surface area contributed by atoms with Crippen molar-refractivity contribution in [1.29, 1.82) is 0 Å². The largest absolute Gasteiger partial charge is 0.379 e. The lowest BCUT2D eigenvalue weighted by Gasteiger charge is -2.36. The number of hydrogen-bond acceptors (Lipinski definition) is 2. The van der Waals surface area contributed by atoms with Gasteiger partial charge in [0.2, 0.25) is 0 Å². The molecule has 0 saturated heterocycles. The van der Waals surface area contributed by atoms with Crippen LogP contribution in [0.1, 0.15) is 46.0 Å². The van der Waals surface area contributed by atoms with Crippen LogP contribution in [0, 0.1) is 27.7 Å². The second-order valence-corrected chi connectivity index (χ2v) is 6.87. The van der Waals surface area contributed by atoms with Crippen LogP contribution < -0.4 is 10.2 Å². The molecule has 0 aliphatic carbocycles. The van der Waals surface area contributed by atoms with E-state index in [-0.39, 0.29) is 11.9 Å². The Morgan fingerprint density at radius 2 is 1.83 bits per heavy atom. The lowest BCUT2D eigenvalue weighted by molar-refractivity contribution is 0.0984. The molecule has 0 spiro atoms. The number of rotatable bonds is 2. The zero-order valence-corrected chi connectivity index (χ0v) is 15.2. The maximum absolute atomic E-state index is 13.3. The Hall–Kier alpha value is -2.29. The highest BCUT2D eigenvalue weighted by atomic mass is 16.2. The number of benzene rings is 2. The van der Waals surface area contributed by atoms with Gasteiger partial charge in [0.25, 0.3) is 5.91 Å². The van der Waals surface area contributed by atoms with Gasteiger partial charge in [0.1, 0.15) is 0 Å². The van der Waals surface area contributed by atoms with Crippen molar-refractivity contribution in [3.8, 4) is 0 Å². The van der Waals surface area contributed by atoms with Crippen LogP contribution in [0.4, 0.5) is 11.4 Å². The average Bonchev–Trinajstić information content (AvgIpc) is 2.57. The Labute approximate surface area is 144 Å². The van der Waals surface area contributed by atoms with Crippen LogP contribution >= 0.6 is 0 Å². The van der Waals surface area contributed by atoms with Crippen molar-refractivity contribution < 1.29 is 4.79 Å². The van der Waals surface area contributed by atoms with Crippen molar-refractivity contribution in [3.05, 3.63) is 58.1 Å². The normalized spacial score (nSPS) is 16.5. The topological polar surface area (TPSA) is 32.3 Å². The minimum absolute atomic E-state index is 0.0978. The standard InChI is InChI=1S/C21H26N2O/c1-6-17-12-23(20-11-15(4)14(3)10-19(20)22-17)21(24)18-9-7-8-13(2)16(18)5/h7-11,17,22H,6,12H2,1-5H3. The number of carbonyl (C=O) groups is 1. The summed E-state index contributed by atoms with van der Waals surface area (Å²) in [5.74, 6) is 0.0978. The first-order valence-electron chi connectivity index (χ1n) is 8.68. The zero-order chi connectivity index (χ0) is 17.4. The molecule has 2 aromatic carbocycles. The van der Waals surface area contributed by atoms with Crippen LogP contribution in [0.5, 0.6) is 0 Å². The smallest absolute Gasteiger partial charge is 0.258 e. The van der Waals surface area contributed by atoms with E-state index in [0.717, 1.165) is 34.5 Å². The molecule has 1 aliphatic rings. The molecule has 1 heterocycles. The SMILES string of the molecule is CCC1CN(C(=O)c2cccc(C)c2C)c2cc(C)c(C)cc2N1. The molecule has 0 saturated carbocycles. The molecular weight excluding hydrogens is 296 g/mol. The maximum atomic E-state index is 13.3. The molecule has 24 heavy (non-hydrogen) atoms. The highest BCUT2D eigenvalue weighted by Gasteiger charge is 2.29. The first-order chi connectivity index (χ1) is 11.4. The fourth-order valence-electron chi connectivity index (χ4n) is 3.28. The van der Waals surface area contributed by atoms with Crippen molar-refractivity contribution in [2.75, 3.05) is 16.8 Å². The van der Waals surface area contributed by atoms with E-state index in [0.29, 0.717) is 6.54 Å². The van der Waals surface area contributed by atoms with Gasteiger partial charge in [0.05, 0.1) is 11.4 Å². The molecule has 3 rings (SSSR count).